The standard InChI is InChI=1S/C25H27FN4O5S/c1-25(2)8-7-15-17(9-25)36-19(28-15)12-35-24(34)27-10-13-3-4-14-11-30(23(33)20(14)21(13)26)16-5-6-18(31)29-22(16)32/h3-4,16H,5-12H2,1-2H3,(H,27,34)(H,29,31,32)/t16-/m1/s1. The van der Waals surface area contributed by atoms with Crippen molar-refractivity contribution in [1.29, 1.82) is 0 Å². The molecule has 2 aliphatic heterocycles. The van der Waals surface area contributed by atoms with Crippen LogP contribution in [0.1, 0.15) is 70.2 Å². The van der Waals surface area contributed by atoms with Gasteiger partial charge in [0.25, 0.3) is 5.91 Å². The van der Waals surface area contributed by atoms with E-state index in [1.54, 1.807) is 17.4 Å². The van der Waals surface area contributed by atoms with Gasteiger partial charge in [0, 0.05) is 30.0 Å². The molecule has 2 aromatic rings. The lowest BCUT2D eigenvalue weighted by molar-refractivity contribution is -0.136. The first-order valence-electron chi connectivity index (χ1n) is 11.9. The average molecular weight is 515 g/mol. The number of carbonyl (C=O) groups excluding carboxylic acids is 4. The van der Waals surface area contributed by atoms with Crippen molar-refractivity contribution in [2.75, 3.05) is 0 Å². The molecule has 0 spiro atoms. The molecule has 0 radical (unpaired) electrons. The lowest BCUT2D eigenvalue weighted by Crippen LogP contribution is -2.52. The number of rotatable bonds is 5. The van der Waals surface area contributed by atoms with Crippen LogP contribution in [-0.4, -0.2) is 39.7 Å². The summed E-state index contributed by atoms with van der Waals surface area (Å²) in [7, 11) is 0. The number of carbonyl (C=O) groups is 4. The van der Waals surface area contributed by atoms with Gasteiger partial charge in [-0.3, -0.25) is 19.7 Å². The molecule has 1 fully saturated rings. The zero-order chi connectivity index (χ0) is 25.6. The third kappa shape index (κ3) is 4.71. The molecular weight excluding hydrogens is 487 g/mol. The normalized spacial score (nSPS) is 20.6. The van der Waals surface area contributed by atoms with Gasteiger partial charge in [-0.2, -0.15) is 0 Å². The number of hydrogen-bond acceptors (Lipinski definition) is 7. The Bertz CT molecular complexity index is 1270. The summed E-state index contributed by atoms with van der Waals surface area (Å²) in [6.45, 7) is 4.43. The number of halogens is 1. The van der Waals surface area contributed by atoms with Crippen molar-refractivity contribution in [3.05, 3.63) is 50.2 Å². The molecule has 190 valence electrons. The molecule has 0 unspecified atom stereocenters. The lowest BCUT2D eigenvalue weighted by Gasteiger charge is -2.29. The molecule has 1 atom stereocenters. The summed E-state index contributed by atoms with van der Waals surface area (Å²) in [6.07, 6.45) is 2.57. The van der Waals surface area contributed by atoms with Crippen LogP contribution in [0.25, 0.3) is 0 Å². The number of amides is 4. The van der Waals surface area contributed by atoms with Crippen molar-refractivity contribution in [1.82, 2.24) is 20.5 Å². The van der Waals surface area contributed by atoms with Crippen LogP contribution in [0.15, 0.2) is 12.1 Å². The van der Waals surface area contributed by atoms with Crippen LogP contribution in [0.4, 0.5) is 9.18 Å². The summed E-state index contributed by atoms with van der Waals surface area (Å²) in [4.78, 5) is 55.9. The van der Waals surface area contributed by atoms with Gasteiger partial charge in [-0.25, -0.2) is 14.2 Å². The monoisotopic (exact) mass is 514 g/mol. The first kappa shape index (κ1) is 24.4. The summed E-state index contributed by atoms with van der Waals surface area (Å²) in [5, 5.41) is 5.48. The Balaban J connectivity index is 1.18. The van der Waals surface area contributed by atoms with Crippen molar-refractivity contribution < 1.29 is 28.3 Å². The van der Waals surface area contributed by atoms with Crippen LogP contribution in [0, 0.1) is 11.2 Å². The Morgan fingerprint density at radius 2 is 2.11 bits per heavy atom. The van der Waals surface area contributed by atoms with E-state index in [1.165, 1.54) is 15.8 Å². The van der Waals surface area contributed by atoms with E-state index >= 15 is 4.39 Å². The van der Waals surface area contributed by atoms with Crippen LogP contribution in [-0.2, 0) is 46.9 Å². The third-order valence-electron chi connectivity index (χ3n) is 6.96. The van der Waals surface area contributed by atoms with Crippen LogP contribution < -0.4 is 10.6 Å². The van der Waals surface area contributed by atoms with Crippen molar-refractivity contribution >= 4 is 35.2 Å². The number of nitrogens with one attached hydrogen (secondary N) is 2. The zero-order valence-corrected chi connectivity index (χ0v) is 20.9. The molecular formula is C25H27FN4O5S. The predicted octanol–water partition coefficient (Wildman–Crippen LogP) is 2.98. The van der Waals surface area contributed by atoms with E-state index in [2.05, 4.69) is 29.5 Å². The number of imide groups is 1. The van der Waals surface area contributed by atoms with Gasteiger partial charge in [-0.15, -0.1) is 11.3 Å². The topological polar surface area (TPSA) is 118 Å². The molecule has 1 aliphatic carbocycles. The maximum absolute atomic E-state index is 15.2. The number of ether oxygens (including phenoxy) is 1. The predicted molar refractivity (Wildman–Crippen MR) is 127 cm³/mol. The van der Waals surface area contributed by atoms with Gasteiger partial charge in [0.05, 0.1) is 11.3 Å². The van der Waals surface area contributed by atoms with Gasteiger partial charge in [0.15, 0.2) is 0 Å². The first-order valence-corrected chi connectivity index (χ1v) is 12.8. The van der Waals surface area contributed by atoms with Gasteiger partial charge in [0.1, 0.15) is 23.5 Å². The highest BCUT2D eigenvalue weighted by Crippen LogP contribution is 2.37. The molecule has 11 heteroatoms. The lowest BCUT2D eigenvalue weighted by atomic mass is 9.79. The smallest absolute Gasteiger partial charge is 0.407 e. The fourth-order valence-corrected chi connectivity index (χ4v) is 6.23. The molecule has 0 bridgehead atoms. The SMILES string of the molecule is CC1(C)CCc2nc(COC(=O)NCc3ccc4c(c3F)C(=O)N([C@@H]3CCC(=O)NC3=O)C4)sc2C1. The van der Waals surface area contributed by atoms with Crippen molar-refractivity contribution in [3.8, 4) is 0 Å². The number of hydrogen-bond donors (Lipinski definition) is 2. The number of benzene rings is 1. The minimum Gasteiger partial charge on any atom is -0.442 e. The van der Waals surface area contributed by atoms with Gasteiger partial charge < -0.3 is 15.0 Å². The maximum Gasteiger partial charge on any atom is 0.407 e. The highest BCUT2D eigenvalue weighted by Gasteiger charge is 2.40. The van der Waals surface area contributed by atoms with Gasteiger partial charge in [0.2, 0.25) is 11.8 Å². The van der Waals surface area contributed by atoms with E-state index in [0.717, 1.165) is 30.0 Å². The Hall–Kier alpha value is -3.34. The van der Waals surface area contributed by atoms with Crippen LogP contribution in [0.2, 0.25) is 0 Å². The summed E-state index contributed by atoms with van der Waals surface area (Å²) >= 11 is 1.56. The number of aromatic nitrogens is 1. The highest BCUT2D eigenvalue weighted by molar-refractivity contribution is 7.11. The third-order valence-corrected chi connectivity index (χ3v) is 8.03. The number of piperidine rings is 1. The number of aryl methyl sites for hydroxylation is 1. The molecule has 0 saturated carbocycles. The van der Waals surface area contributed by atoms with E-state index < -0.39 is 29.8 Å². The van der Waals surface area contributed by atoms with Crippen molar-refractivity contribution in [3.63, 3.8) is 0 Å². The minimum absolute atomic E-state index is 0.0377. The molecule has 5 rings (SSSR count). The summed E-state index contributed by atoms with van der Waals surface area (Å²) in [5.41, 5.74) is 1.81. The molecule has 1 aromatic heterocycles. The molecule has 1 saturated heterocycles. The Kier molecular flexibility index (Phi) is 6.27. The van der Waals surface area contributed by atoms with E-state index in [9.17, 15) is 19.2 Å². The quantitative estimate of drug-likeness (QED) is 0.593. The second-order valence-electron chi connectivity index (χ2n) is 10.2. The molecule has 4 amide bonds. The van der Waals surface area contributed by atoms with Crippen LogP contribution >= 0.6 is 11.3 Å². The molecule has 3 aliphatic rings. The Morgan fingerprint density at radius 1 is 1.31 bits per heavy atom. The Morgan fingerprint density at radius 3 is 2.89 bits per heavy atom. The molecule has 3 heterocycles. The molecule has 2 N–H and O–H groups in total. The summed E-state index contributed by atoms with van der Waals surface area (Å²) < 4.78 is 20.5. The Labute approximate surface area is 211 Å². The van der Waals surface area contributed by atoms with Crippen LogP contribution in [0.3, 0.4) is 0 Å². The van der Waals surface area contributed by atoms with Gasteiger partial charge >= 0.3 is 6.09 Å². The summed E-state index contributed by atoms with van der Waals surface area (Å²) in [5.74, 6) is -2.27. The molecule has 1 aromatic carbocycles. The van der Waals surface area contributed by atoms with Crippen LogP contribution in [0.5, 0.6) is 0 Å². The van der Waals surface area contributed by atoms with Crippen molar-refractivity contribution in [2.24, 2.45) is 5.41 Å². The number of thiazole rings is 1. The van der Waals surface area contributed by atoms with Gasteiger partial charge in [-0.05, 0) is 36.7 Å². The van der Waals surface area contributed by atoms with E-state index in [0.29, 0.717) is 5.56 Å². The largest absolute Gasteiger partial charge is 0.442 e. The number of nitrogens with zero attached hydrogens (tertiary/aromatic N) is 2. The maximum atomic E-state index is 15.2. The second-order valence-corrected chi connectivity index (χ2v) is 11.4. The van der Waals surface area contributed by atoms with Crippen molar-refractivity contribution in [2.45, 2.75) is 71.7 Å². The second kappa shape index (κ2) is 9.27. The van der Waals surface area contributed by atoms with E-state index in [4.69, 9.17) is 4.74 Å². The molecule has 9 nitrogen and oxygen atoms in total. The van der Waals surface area contributed by atoms with E-state index in [1.807, 2.05) is 0 Å². The highest BCUT2D eigenvalue weighted by atomic mass is 32.1. The van der Waals surface area contributed by atoms with Gasteiger partial charge in [-0.1, -0.05) is 26.0 Å². The molecule has 36 heavy (non-hydrogen) atoms. The summed E-state index contributed by atoms with van der Waals surface area (Å²) in [6, 6.07) is 2.31. The number of fused-ring (bicyclic) bond motifs is 2. The zero-order valence-electron chi connectivity index (χ0n) is 20.1. The minimum atomic E-state index is -0.818. The fourth-order valence-electron chi connectivity index (χ4n) is 4.95. The number of alkyl carbamates (subject to hydrolysis) is 1. The first-order chi connectivity index (χ1) is 17.1. The average Bonchev–Trinajstić information content (AvgIpc) is 3.37. The fraction of sp³-hybridized carbons (Fsp3) is 0.480. The van der Waals surface area contributed by atoms with E-state index in [-0.39, 0.29) is 55.0 Å².